The first kappa shape index (κ1) is 14.7. The molecule has 21 heavy (non-hydrogen) atoms. The zero-order valence-corrected chi connectivity index (χ0v) is 14.4. The zero-order chi connectivity index (χ0) is 14.8. The number of halogens is 1. The van der Waals surface area contributed by atoms with Crippen molar-refractivity contribution in [3.05, 3.63) is 45.5 Å². The van der Waals surface area contributed by atoms with Crippen LogP contribution >= 0.6 is 27.3 Å². The van der Waals surface area contributed by atoms with Crippen LogP contribution < -0.4 is 5.32 Å². The van der Waals surface area contributed by atoms with E-state index in [-0.39, 0.29) is 6.04 Å². The topological polar surface area (TPSA) is 42.7 Å². The number of thiophene rings is 1. The maximum atomic E-state index is 4.13. The minimum absolute atomic E-state index is 0.0930. The highest BCUT2D eigenvalue weighted by Crippen LogP contribution is 2.35. The van der Waals surface area contributed by atoms with Crippen LogP contribution in [0.1, 0.15) is 30.6 Å². The predicted octanol–water partition coefficient (Wildman–Crippen LogP) is 3.88. The Labute approximate surface area is 136 Å². The molecule has 2 heterocycles. The molecule has 0 aliphatic rings. The maximum absolute atomic E-state index is 4.13. The summed E-state index contributed by atoms with van der Waals surface area (Å²) in [5.41, 5.74) is 2.35. The Balaban J connectivity index is 2.11. The number of aromatic nitrogens is 3. The summed E-state index contributed by atoms with van der Waals surface area (Å²) in [4.78, 5) is 0. The molecular weight excluding hydrogens is 348 g/mol. The molecule has 0 bridgehead atoms. The fourth-order valence-electron chi connectivity index (χ4n) is 2.51. The lowest BCUT2D eigenvalue weighted by Crippen LogP contribution is -2.25. The summed E-state index contributed by atoms with van der Waals surface area (Å²) in [6, 6.07) is 8.61. The zero-order valence-electron chi connectivity index (χ0n) is 12.0. The van der Waals surface area contributed by atoms with Gasteiger partial charge in [0.2, 0.25) is 0 Å². The van der Waals surface area contributed by atoms with E-state index in [1.165, 1.54) is 15.6 Å². The van der Waals surface area contributed by atoms with Gasteiger partial charge in [-0.3, -0.25) is 0 Å². The lowest BCUT2D eigenvalue weighted by atomic mass is 10.0. The lowest BCUT2D eigenvalue weighted by Gasteiger charge is -2.18. The molecular formula is C15H17BrN4S. The Morgan fingerprint density at radius 3 is 2.90 bits per heavy atom. The Kier molecular flexibility index (Phi) is 4.37. The van der Waals surface area contributed by atoms with Crippen LogP contribution in [0.4, 0.5) is 0 Å². The van der Waals surface area contributed by atoms with Gasteiger partial charge in [0.25, 0.3) is 0 Å². The van der Waals surface area contributed by atoms with Gasteiger partial charge in [-0.1, -0.05) is 30.3 Å². The van der Waals surface area contributed by atoms with Gasteiger partial charge in [-0.25, -0.2) is 4.68 Å². The van der Waals surface area contributed by atoms with Crippen LogP contribution in [0, 0.1) is 0 Å². The van der Waals surface area contributed by atoms with Crippen molar-refractivity contribution in [3.63, 3.8) is 0 Å². The summed E-state index contributed by atoms with van der Waals surface area (Å²) in [5, 5.41) is 15.4. The van der Waals surface area contributed by atoms with E-state index >= 15 is 0 Å². The van der Waals surface area contributed by atoms with E-state index in [9.17, 15) is 0 Å². The molecule has 0 radical (unpaired) electrons. The molecule has 0 amide bonds. The Hall–Kier alpha value is -1.24. The number of nitrogens with zero attached hydrogens (tertiary/aromatic N) is 3. The van der Waals surface area contributed by atoms with Crippen molar-refractivity contribution in [2.24, 2.45) is 7.05 Å². The normalized spacial score (nSPS) is 12.9. The molecule has 1 aromatic carbocycles. The van der Waals surface area contributed by atoms with Crippen LogP contribution in [0.2, 0.25) is 0 Å². The summed E-state index contributed by atoms with van der Waals surface area (Å²) in [7, 11) is 1.93. The van der Waals surface area contributed by atoms with Gasteiger partial charge in [-0.15, -0.1) is 16.4 Å². The van der Waals surface area contributed by atoms with Gasteiger partial charge >= 0.3 is 0 Å². The molecule has 1 atom stereocenters. The summed E-state index contributed by atoms with van der Waals surface area (Å²) in [6.45, 7) is 3.12. The fraction of sp³-hybridized carbons (Fsp3) is 0.333. The number of fused-ring (bicyclic) bond motifs is 1. The van der Waals surface area contributed by atoms with Crippen LogP contribution in [0.25, 0.3) is 10.1 Å². The average molecular weight is 365 g/mol. The van der Waals surface area contributed by atoms with E-state index in [1.807, 2.05) is 11.7 Å². The van der Waals surface area contributed by atoms with Gasteiger partial charge in [0.05, 0.1) is 11.7 Å². The van der Waals surface area contributed by atoms with Crippen molar-refractivity contribution >= 4 is 37.4 Å². The Bertz CT molecular complexity index is 730. The first-order chi connectivity index (χ1) is 10.2. The Morgan fingerprint density at radius 2 is 2.19 bits per heavy atom. The van der Waals surface area contributed by atoms with Crippen molar-refractivity contribution < 1.29 is 0 Å². The van der Waals surface area contributed by atoms with Gasteiger partial charge in [0.1, 0.15) is 0 Å². The van der Waals surface area contributed by atoms with Crippen molar-refractivity contribution in [3.8, 4) is 0 Å². The molecule has 1 N–H and O–H groups in total. The number of rotatable bonds is 5. The molecule has 3 aromatic rings. The first-order valence-electron chi connectivity index (χ1n) is 6.97. The number of aryl methyl sites for hydroxylation is 1. The third-order valence-electron chi connectivity index (χ3n) is 3.52. The van der Waals surface area contributed by atoms with Crippen molar-refractivity contribution in [1.29, 1.82) is 0 Å². The smallest absolute Gasteiger partial charge is 0.153 e. The highest BCUT2D eigenvalue weighted by atomic mass is 79.9. The largest absolute Gasteiger partial charge is 0.305 e. The number of benzene rings is 1. The third-order valence-corrected chi connectivity index (χ3v) is 5.07. The van der Waals surface area contributed by atoms with E-state index in [0.717, 1.165) is 23.3 Å². The van der Waals surface area contributed by atoms with Crippen molar-refractivity contribution in [2.75, 3.05) is 6.54 Å². The summed E-state index contributed by atoms with van der Waals surface area (Å²) in [5.74, 6) is 0. The minimum atomic E-state index is 0.0930. The average Bonchev–Trinajstić information content (AvgIpc) is 3.06. The minimum Gasteiger partial charge on any atom is -0.305 e. The molecule has 3 rings (SSSR count). The van der Waals surface area contributed by atoms with E-state index in [4.69, 9.17) is 0 Å². The maximum Gasteiger partial charge on any atom is 0.153 e. The van der Waals surface area contributed by atoms with Crippen LogP contribution in [-0.4, -0.2) is 21.5 Å². The second kappa shape index (κ2) is 6.25. The summed E-state index contributed by atoms with van der Waals surface area (Å²) < 4.78 is 3.94. The van der Waals surface area contributed by atoms with Crippen LogP contribution in [0.5, 0.6) is 0 Å². The van der Waals surface area contributed by atoms with E-state index in [1.54, 1.807) is 11.3 Å². The van der Waals surface area contributed by atoms with E-state index in [2.05, 4.69) is 68.1 Å². The first-order valence-corrected chi connectivity index (χ1v) is 8.64. The number of nitrogens with one attached hydrogen (secondary N) is 1. The quantitative estimate of drug-likeness (QED) is 0.746. The van der Waals surface area contributed by atoms with Gasteiger partial charge < -0.3 is 5.32 Å². The lowest BCUT2D eigenvalue weighted by molar-refractivity contribution is 0.553. The highest BCUT2D eigenvalue weighted by Gasteiger charge is 2.23. The summed E-state index contributed by atoms with van der Waals surface area (Å²) >= 11 is 5.31. The molecule has 0 aliphatic carbocycles. The van der Waals surface area contributed by atoms with Crippen LogP contribution in [0.3, 0.4) is 0 Å². The molecule has 2 aromatic heterocycles. The molecule has 4 nitrogen and oxygen atoms in total. The van der Waals surface area contributed by atoms with E-state index in [0.29, 0.717) is 0 Å². The van der Waals surface area contributed by atoms with Crippen molar-refractivity contribution in [1.82, 2.24) is 20.3 Å². The molecule has 110 valence electrons. The second-order valence-corrected chi connectivity index (χ2v) is 6.63. The second-order valence-electron chi connectivity index (χ2n) is 4.96. The van der Waals surface area contributed by atoms with E-state index < -0.39 is 0 Å². The van der Waals surface area contributed by atoms with Gasteiger partial charge in [-0.2, -0.15) is 0 Å². The fourth-order valence-corrected chi connectivity index (χ4v) is 4.05. The van der Waals surface area contributed by atoms with Crippen LogP contribution in [0.15, 0.2) is 34.2 Å². The number of hydrogen-bond acceptors (Lipinski definition) is 4. The number of hydrogen-bond donors (Lipinski definition) is 1. The molecule has 0 spiro atoms. The predicted molar refractivity (Wildman–Crippen MR) is 90.7 cm³/mol. The monoisotopic (exact) mass is 364 g/mol. The standard InChI is InChI=1S/C15H17BrN4S/c1-3-8-17-13(14-15(16)18-19-20(14)2)11-9-21-12-7-5-4-6-10(11)12/h4-7,9,13,17H,3,8H2,1-2H3. The molecule has 0 saturated carbocycles. The Morgan fingerprint density at radius 1 is 1.38 bits per heavy atom. The molecule has 6 heteroatoms. The molecule has 0 fully saturated rings. The van der Waals surface area contributed by atoms with Crippen molar-refractivity contribution in [2.45, 2.75) is 19.4 Å². The van der Waals surface area contributed by atoms with Crippen LogP contribution in [-0.2, 0) is 7.05 Å². The van der Waals surface area contributed by atoms with Gasteiger partial charge in [0.15, 0.2) is 4.60 Å². The molecule has 1 unspecified atom stereocenters. The summed E-state index contributed by atoms with van der Waals surface area (Å²) in [6.07, 6.45) is 1.08. The van der Waals surface area contributed by atoms with Gasteiger partial charge in [-0.05, 0) is 51.3 Å². The molecule has 0 saturated heterocycles. The van der Waals surface area contributed by atoms with Gasteiger partial charge in [0, 0.05) is 11.7 Å². The highest BCUT2D eigenvalue weighted by molar-refractivity contribution is 9.10. The molecule has 0 aliphatic heterocycles. The SMILES string of the molecule is CCCNC(c1csc2ccccc12)c1c(Br)nnn1C. The third kappa shape index (κ3) is 2.75.